The minimum Gasteiger partial charge on any atom is -0.385 e. The van der Waals surface area contributed by atoms with Crippen molar-refractivity contribution in [3.05, 3.63) is 24.3 Å². The van der Waals surface area contributed by atoms with Gasteiger partial charge in [-0.25, -0.2) is 8.42 Å². The van der Waals surface area contributed by atoms with E-state index < -0.39 is 9.84 Å². The van der Waals surface area contributed by atoms with Gasteiger partial charge in [0, 0.05) is 12.2 Å². The number of nitrogens with one attached hydrogen (secondary N) is 1. The molecule has 1 fully saturated rings. The van der Waals surface area contributed by atoms with Crippen LogP contribution in [0, 0.1) is 11.8 Å². The van der Waals surface area contributed by atoms with Gasteiger partial charge in [0.05, 0.1) is 10.6 Å². The summed E-state index contributed by atoms with van der Waals surface area (Å²) in [4.78, 5) is 0.416. The normalized spacial score (nSPS) is 23.0. The first-order valence-corrected chi connectivity index (χ1v) is 9.77. The molecule has 0 aromatic heterocycles. The SMILES string of the molecule is CCC1CCC(CNc2ccc(S(=O)(=O)CC)cc2)CC1. The highest BCUT2D eigenvalue weighted by Gasteiger charge is 2.19. The Morgan fingerprint density at radius 3 is 2.10 bits per heavy atom. The molecule has 0 aliphatic heterocycles. The Labute approximate surface area is 129 Å². The topological polar surface area (TPSA) is 46.2 Å². The van der Waals surface area contributed by atoms with Crippen LogP contribution in [0.15, 0.2) is 29.2 Å². The van der Waals surface area contributed by atoms with E-state index in [-0.39, 0.29) is 5.75 Å². The Hall–Kier alpha value is -1.03. The van der Waals surface area contributed by atoms with Crippen molar-refractivity contribution in [2.75, 3.05) is 17.6 Å². The van der Waals surface area contributed by atoms with Gasteiger partial charge in [0.15, 0.2) is 9.84 Å². The zero-order valence-electron chi connectivity index (χ0n) is 13.1. The fourth-order valence-electron chi connectivity index (χ4n) is 3.05. The summed E-state index contributed by atoms with van der Waals surface area (Å²) in [6.45, 7) is 4.96. The third-order valence-electron chi connectivity index (χ3n) is 4.73. The number of benzene rings is 1. The third kappa shape index (κ3) is 4.47. The number of sulfone groups is 1. The summed E-state index contributed by atoms with van der Waals surface area (Å²) in [5.74, 6) is 1.84. The lowest BCUT2D eigenvalue weighted by atomic mass is 9.81. The number of hydrogen-bond acceptors (Lipinski definition) is 3. The van der Waals surface area contributed by atoms with Crippen LogP contribution in [0.1, 0.15) is 46.0 Å². The van der Waals surface area contributed by atoms with Gasteiger partial charge in [0.25, 0.3) is 0 Å². The van der Waals surface area contributed by atoms with Gasteiger partial charge in [-0.2, -0.15) is 0 Å². The summed E-state index contributed by atoms with van der Waals surface area (Å²) < 4.78 is 23.5. The van der Waals surface area contributed by atoms with Crippen molar-refractivity contribution < 1.29 is 8.42 Å². The van der Waals surface area contributed by atoms with Crippen LogP contribution in [0.3, 0.4) is 0 Å². The molecule has 118 valence electrons. The second-order valence-electron chi connectivity index (χ2n) is 6.10. The van der Waals surface area contributed by atoms with Gasteiger partial charge in [-0.3, -0.25) is 0 Å². The maximum atomic E-state index is 11.8. The van der Waals surface area contributed by atoms with E-state index in [1.54, 1.807) is 19.1 Å². The first-order chi connectivity index (χ1) is 10.0. The standard InChI is InChI=1S/C17H27NO2S/c1-3-14-5-7-15(8-6-14)13-18-16-9-11-17(12-10-16)21(19,20)4-2/h9-12,14-15,18H,3-8,13H2,1-2H3. The van der Waals surface area contributed by atoms with E-state index in [4.69, 9.17) is 0 Å². The van der Waals surface area contributed by atoms with Gasteiger partial charge in [-0.05, 0) is 48.9 Å². The highest BCUT2D eigenvalue weighted by molar-refractivity contribution is 7.91. The lowest BCUT2D eigenvalue weighted by Gasteiger charge is -2.28. The van der Waals surface area contributed by atoms with E-state index in [9.17, 15) is 8.42 Å². The largest absolute Gasteiger partial charge is 0.385 e. The highest BCUT2D eigenvalue weighted by Crippen LogP contribution is 2.30. The molecule has 21 heavy (non-hydrogen) atoms. The first-order valence-electron chi connectivity index (χ1n) is 8.11. The second-order valence-corrected chi connectivity index (χ2v) is 8.38. The Balaban J connectivity index is 1.84. The maximum Gasteiger partial charge on any atom is 0.178 e. The molecule has 0 spiro atoms. The molecule has 4 heteroatoms. The molecule has 1 aliphatic rings. The Bertz CT molecular complexity index is 528. The van der Waals surface area contributed by atoms with Gasteiger partial charge in [-0.15, -0.1) is 0 Å². The third-order valence-corrected chi connectivity index (χ3v) is 6.48. The predicted molar refractivity (Wildman–Crippen MR) is 88.4 cm³/mol. The number of anilines is 1. The second kappa shape index (κ2) is 7.30. The fourth-order valence-corrected chi connectivity index (χ4v) is 3.94. The molecule has 2 rings (SSSR count). The van der Waals surface area contributed by atoms with Gasteiger partial charge in [0.2, 0.25) is 0 Å². The average molecular weight is 309 g/mol. The molecule has 0 atom stereocenters. The van der Waals surface area contributed by atoms with Gasteiger partial charge >= 0.3 is 0 Å². The minimum absolute atomic E-state index is 0.153. The molecule has 0 unspecified atom stereocenters. The van der Waals surface area contributed by atoms with E-state index in [1.165, 1.54) is 32.1 Å². The van der Waals surface area contributed by atoms with Crippen molar-refractivity contribution in [2.24, 2.45) is 11.8 Å². The van der Waals surface area contributed by atoms with Crippen LogP contribution in [0.25, 0.3) is 0 Å². The zero-order valence-corrected chi connectivity index (χ0v) is 14.0. The summed E-state index contributed by atoms with van der Waals surface area (Å²) in [6, 6.07) is 7.16. The van der Waals surface area contributed by atoms with Gasteiger partial charge < -0.3 is 5.32 Å². The minimum atomic E-state index is -3.09. The maximum absolute atomic E-state index is 11.8. The molecular formula is C17H27NO2S. The lowest BCUT2D eigenvalue weighted by molar-refractivity contribution is 0.278. The van der Waals surface area contributed by atoms with Crippen LogP contribution < -0.4 is 5.32 Å². The van der Waals surface area contributed by atoms with Crippen LogP contribution in [0.2, 0.25) is 0 Å². The number of hydrogen-bond donors (Lipinski definition) is 1. The van der Waals surface area contributed by atoms with Crippen LogP contribution in [0.5, 0.6) is 0 Å². The molecular weight excluding hydrogens is 282 g/mol. The molecule has 0 saturated heterocycles. The average Bonchev–Trinajstić information content (AvgIpc) is 2.54. The highest BCUT2D eigenvalue weighted by atomic mass is 32.2. The van der Waals surface area contributed by atoms with Crippen molar-refractivity contribution >= 4 is 15.5 Å². The zero-order chi connectivity index (χ0) is 15.3. The molecule has 1 aliphatic carbocycles. The quantitative estimate of drug-likeness (QED) is 0.860. The van der Waals surface area contributed by atoms with Crippen molar-refractivity contribution in [2.45, 2.75) is 50.8 Å². The fraction of sp³-hybridized carbons (Fsp3) is 0.647. The molecule has 1 aromatic carbocycles. The van der Waals surface area contributed by atoms with Crippen LogP contribution in [-0.4, -0.2) is 20.7 Å². The van der Waals surface area contributed by atoms with Crippen molar-refractivity contribution in [3.8, 4) is 0 Å². The summed E-state index contributed by atoms with van der Waals surface area (Å²) in [7, 11) is -3.09. The van der Waals surface area contributed by atoms with E-state index in [0.29, 0.717) is 4.90 Å². The predicted octanol–water partition coefficient (Wildman–Crippen LogP) is 4.11. The summed E-state index contributed by atoms with van der Waals surface area (Å²) in [5.41, 5.74) is 1.02. The van der Waals surface area contributed by atoms with Crippen molar-refractivity contribution in [3.63, 3.8) is 0 Å². The molecule has 1 saturated carbocycles. The van der Waals surface area contributed by atoms with E-state index in [1.807, 2.05) is 12.1 Å². The van der Waals surface area contributed by atoms with Crippen LogP contribution in [0.4, 0.5) is 5.69 Å². The number of rotatable bonds is 6. The van der Waals surface area contributed by atoms with Crippen LogP contribution in [-0.2, 0) is 9.84 Å². The Morgan fingerprint density at radius 2 is 1.57 bits per heavy atom. The summed E-state index contributed by atoms with van der Waals surface area (Å²) >= 11 is 0. The van der Waals surface area contributed by atoms with Crippen molar-refractivity contribution in [1.82, 2.24) is 0 Å². The van der Waals surface area contributed by atoms with E-state index >= 15 is 0 Å². The monoisotopic (exact) mass is 309 g/mol. The lowest BCUT2D eigenvalue weighted by Crippen LogP contribution is -2.21. The van der Waals surface area contributed by atoms with Gasteiger partial charge in [-0.1, -0.05) is 33.1 Å². The van der Waals surface area contributed by atoms with E-state index in [2.05, 4.69) is 12.2 Å². The Kier molecular flexibility index (Phi) is 5.68. The molecule has 0 heterocycles. The molecule has 1 aromatic rings. The molecule has 0 bridgehead atoms. The first kappa shape index (κ1) is 16.3. The van der Waals surface area contributed by atoms with Crippen molar-refractivity contribution in [1.29, 1.82) is 0 Å². The summed E-state index contributed by atoms with van der Waals surface area (Å²) in [5, 5.41) is 3.45. The molecule has 0 radical (unpaired) electrons. The van der Waals surface area contributed by atoms with Gasteiger partial charge in [0.1, 0.15) is 0 Å². The Morgan fingerprint density at radius 1 is 1.00 bits per heavy atom. The van der Waals surface area contributed by atoms with Crippen LogP contribution >= 0.6 is 0 Å². The molecule has 3 nitrogen and oxygen atoms in total. The van der Waals surface area contributed by atoms with E-state index in [0.717, 1.165) is 24.1 Å². The smallest absolute Gasteiger partial charge is 0.178 e. The molecule has 0 amide bonds. The molecule has 1 N–H and O–H groups in total. The summed E-state index contributed by atoms with van der Waals surface area (Å²) in [6.07, 6.45) is 6.65.